The average Bonchev–Trinajstić information content (AvgIpc) is 3.19. The second-order valence-electron chi connectivity index (χ2n) is 5.77. The lowest BCUT2D eigenvalue weighted by atomic mass is 10.1. The summed E-state index contributed by atoms with van der Waals surface area (Å²) in [6.45, 7) is 4.21. The maximum atomic E-state index is 5.26. The van der Waals surface area contributed by atoms with Gasteiger partial charge >= 0.3 is 0 Å². The van der Waals surface area contributed by atoms with Crippen molar-refractivity contribution in [2.24, 2.45) is 0 Å². The Morgan fingerprint density at radius 1 is 1.17 bits per heavy atom. The minimum atomic E-state index is 0.660. The Morgan fingerprint density at radius 3 is 2.79 bits per heavy atom. The normalized spacial score (nSPS) is 11.1. The van der Waals surface area contributed by atoms with E-state index < -0.39 is 0 Å². The fraction of sp³-hybridized carbons (Fsp3) is 0.389. The Balaban J connectivity index is 1.58. The number of imidazole rings is 1. The highest BCUT2D eigenvalue weighted by Crippen LogP contribution is 2.21. The van der Waals surface area contributed by atoms with Crippen LogP contribution in [0.2, 0.25) is 0 Å². The standard InChI is InChI=1S/C18H22N4OS/c1-3-4-10-17-21-16(22-23-17)12-24-18-19-13(2)15(20-18)11-14-8-6-5-7-9-14/h5-9H,3-4,10-12H2,1-2H3,(H,19,20). The van der Waals surface area contributed by atoms with Gasteiger partial charge in [-0.3, -0.25) is 0 Å². The molecule has 0 bridgehead atoms. The summed E-state index contributed by atoms with van der Waals surface area (Å²) in [6.07, 6.45) is 3.90. The van der Waals surface area contributed by atoms with Crippen LogP contribution >= 0.6 is 11.8 Å². The number of hydrogen-bond acceptors (Lipinski definition) is 5. The van der Waals surface area contributed by atoms with Crippen molar-refractivity contribution in [1.82, 2.24) is 20.1 Å². The molecule has 0 aliphatic rings. The first-order chi connectivity index (χ1) is 11.7. The number of unbranched alkanes of at least 4 members (excludes halogenated alkanes) is 1. The number of thioether (sulfide) groups is 1. The van der Waals surface area contributed by atoms with Crippen LogP contribution in [0.25, 0.3) is 0 Å². The molecule has 0 aliphatic heterocycles. The van der Waals surface area contributed by atoms with Crippen LogP contribution in [0.15, 0.2) is 40.0 Å². The molecule has 2 heterocycles. The Hall–Kier alpha value is -2.08. The predicted octanol–water partition coefficient (Wildman–Crippen LogP) is 4.33. The number of rotatable bonds is 8. The van der Waals surface area contributed by atoms with Gasteiger partial charge in [0, 0.05) is 18.5 Å². The summed E-state index contributed by atoms with van der Waals surface area (Å²) in [5.74, 6) is 2.12. The van der Waals surface area contributed by atoms with E-state index in [9.17, 15) is 0 Å². The van der Waals surface area contributed by atoms with Crippen molar-refractivity contribution in [3.8, 4) is 0 Å². The fourth-order valence-electron chi connectivity index (χ4n) is 2.41. The van der Waals surface area contributed by atoms with Crippen LogP contribution in [0.5, 0.6) is 0 Å². The molecular weight excluding hydrogens is 320 g/mol. The lowest BCUT2D eigenvalue weighted by Gasteiger charge is -1.98. The molecular formula is C18H22N4OS. The van der Waals surface area contributed by atoms with E-state index in [2.05, 4.69) is 53.2 Å². The number of aromatic amines is 1. The largest absolute Gasteiger partial charge is 0.339 e. The average molecular weight is 342 g/mol. The summed E-state index contributed by atoms with van der Waals surface area (Å²) in [6, 6.07) is 10.4. The molecule has 0 radical (unpaired) electrons. The predicted molar refractivity (Wildman–Crippen MR) is 95.0 cm³/mol. The van der Waals surface area contributed by atoms with E-state index in [4.69, 9.17) is 9.51 Å². The fourth-order valence-corrected chi connectivity index (χ4v) is 3.19. The molecule has 0 atom stereocenters. The van der Waals surface area contributed by atoms with Gasteiger partial charge in [-0.1, -0.05) is 60.6 Å². The molecule has 0 unspecified atom stereocenters. The van der Waals surface area contributed by atoms with Gasteiger partial charge in [0.25, 0.3) is 0 Å². The molecule has 1 aromatic carbocycles. The van der Waals surface area contributed by atoms with Crippen LogP contribution in [0.3, 0.4) is 0 Å². The van der Waals surface area contributed by atoms with E-state index in [1.54, 1.807) is 11.8 Å². The third kappa shape index (κ3) is 4.47. The maximum Gasteiger partial charge on any atom is 0.226 e. The molecule has 5 nitrogen and oxygen atoms in total. The number of aryl methyl sites for hydroxylation is 2. The Morgan fingerprint density at radius 2 is 2.00 bits per heavy atom. The maximum absolute atomic E-state index is 5.26. The summed E-state index contributed by atoms with van der Waals surface area (Å²) >= 11 is 1.60. The van der Waals surface area contributed by atoms with E-state index in [1.165, 1.54) is 5.56 Å². The Labute approximate surface area is 146 Å². The molecule has 3 rings (SSSR count). The van der Waals surface area contributed by atoms with E-state index in [-0.39, 0.29) is 0 Å². The van der Waals surface area contributed by atoms with Crippen LogP contribution in [0.1, 0.15) is 48.4 Å². The zero-order valence-corrected chi connectivity index (χ0v) is 14.9. The van der Waals surface area contributed by atoms with E-state index in [0.29, 0.717) is 5.75 Å². The molecule has 0 saturated carbocycles. The molecule has 2 aromatic heterocycles. The molecule has 126 valence electrons. The summed E-state index contributed by atoms with van der Waals surface area (Å²) in [5, 5.41) is 4.93. The number of nitrogens with one attached hydrogen (secondary N) is 1. The minimum Gasteiger partial charge on any atom is -0.339 e. The van der Waals surface area contributed by atoms with Crippen LogP contribution in [0, 0.1) is 6.92 Å². The smallest absolute Gasteiger partial charge is 0.226 e. The van der Waals surface area contributed by atoms with Gasteiger partial charge in [0.1, 0.15) is 0 Å². The van der Waals surface area contributed by atoms with E-state index >= 15 is 0 Å². The minimum absolute atomic E-state index is 0.660. The lowest BCUT2D eigenvalue weighted by Crippen LogP contribution is -1.90. The van der Waals surface area contributed by atoms with Crippen molar-refractivity contribution in [2.45, 2.75) is 50.4 Å². The highest BCUT2D eigenvalue weighted by molar-refractivity contribution is 7.98. The number of nitrogens with zero attached hydrogens (tertiary/aromatic N) is 3. The second-order valence-corrected chi connectivity index (χ2v) is 6.74. The van der Waals surface area contributed by atoms with Crippen LogP contribution < -0.4 is 0 Å². The summed E-state index contributed by atoms with van der Waals surface area (Å²) in [7, 11) is 0. The number of H-pyrrole nitrogens is 1. The topological polar surface area (TPSA) is 67.6 Å². The third-order valence-corrected chi connectivity index (χ3v) is 4.64. The molecule has 0 spiro atoms. The summed E-state index contributed by atoms with van der Waals surface area (Å²) in [5.41, 5.74) is 3.46. The first-order valence-electron chi connectivity index (χ1n) is 8.28. The first kappa shape index (κ1) is 16.8. The van der Waals surface area contributed by atoms with Crippen molar-refractivity contribution in [3.05, 3.63) is 59.0 Å². The van der Waals surface area contributed by atoms with Crippen molar-refractivity contribution in [3.63, 3.8) is 0 Å². The molecule has 0 saturated heterocycles. The van der Waals surface area contributed by atoms with Gasteiger partial charge in [-0.15, -0.1) is 0 Å². The third-order valence-electron chi connectivity index (χ3n) is 3.77. The first-order valence-corrected chi connectivity index (χ1v) is 9.27. The molecule has 0 aliphatic carbocycles. The monoisotopic (exact) mass is 342 g/mol. The van der Waals surface area contributed by atoms with E-state index in [0.717, 1.165) is 53.9 Å². The zero-order chi connectivity index (χ0) is 16.8. The number of aromatic nitrogens is 4. The molecule has 24 heavy (non-hydrogen) atoms. The number of hydrogen-bond donors (Lipinski definition) is 1. The highest BCUT2D eigenvalue weighted by atomic mass is 32.2. The zero-order valence-electron chi connectivity index (χ0n) is 14.1. The summed E-state index contributed by atoms with van der Waals surface area (Å²) in [4.78, 5) is 12.5. The van der Waals surface area contributed by atoms with Crippen LogP contribution in [-0.4, -0.2) is 20.1 Å². The second kappa shape index (κ2) is 8.15. The van der Waals surface area contributed by atoms with Crippen molar-refractivity contribution in [2.75, 3.05) is 0 Å². The summed E-state index contributed by atoms with van der Waals surface area (Å²) < 4.78 is 5.26. The van der Waals surface area contributed by atoms with Crippen molar-refractivity contribution < 1.29 is 4.52 Å². The molecule has 6 heteroatoms. The molecule has 1 N–H and O–H groups in total. The van der Waals surface area contributed by atoms with E-state index in [1.807, 2.05) is 6.07 Å². The quantitative estimate of drug-likeness (QED) is 0.617. The SMILES string of the molecule is CCCCc1nc(CSc2nc(Cc3ccccc3)c(C)[nH]2)no1. The van der Waals surface area contributed by atoms with Gasteiger partial charge in [0.15, 0.2) is 11.0 Å². The molecule has 3 aromatic rings. The van der Waals surface area contributed by atoms with Gasteiger partial charge < -0.3 is 9.51 Å². The molecule has 0 amide bonds. The van der Waals surface area contributed by atoms with Crippen LogP contribution in [-0.2, 0) is 18.6 Å². The highest BCUT2D eigenvalue weighted by Gasteiger charge is 2.11. The van der Waals surface area contributed by atoms with Gasteiger partial charge in [0.05, 0.1) is 11.4 Å². The number of benzene rings is 1. The molecule has 0 fully saturated rings. The lowest BCUT2D eigenvalue weighted by molar-refractivity contribution is 0.371. The van der Waals surface area contributed by atoms with Gasteiger partial charge in [-0.2, -0.15) is 4.98 Å². The van der Waals surface area contributed by atoms with Crippen LogP contribution in [0.4, 0.5) is 0 Å². The van der Waals surface area contributed by atoms with Gasteiger partial charge in [0.2, 0.25) is 5.89 Å². The van der Waals surface area contributed by atoms with Crippen molar-refractivity contribution >= 4 is 11.8 Å². The Kier molecular flexibility index (Phi) is 5.69. The van der Waals surface area contributed by atoms with Crippen molar-refractivity contribution in [1.29, 1.82) is 0 Å². The van der Waals surface area contributed by atoms with Gasteiger partial charge in [-0.25, -0.2) is 4.98 Å². The van der Waals surface area contributed by atoms with Gasteiger partial charge in [-0.05, 0) is 18.9 Å². The Bertz CT molecular complexity index is 766.